The van der Waals surface area contributed by atoms with Crippen molar-refractivity contribution in [1.29, 1.82) is 0 Å². The third-order valence-corrected chi connectivity index (χ3v) is 2.69. The van der Waals surface area contributed by atoms with Gasteiger partial charge < -0.3 is 10.4 Å². The van der Waals surface area contributed by atoms with Crippen molar-refractivity contribution >= 4 is 0 Å². The van der Waals surface area contributed by atoms with Crippen LogP contribution in [0.1, 0.15) is 19.8 Å². The molecule has 0 saturated carbocycles. The molecule has 1 rings (SSSR count). The zero-order chi connectivity index (χ0) is 12.2. The van der Waals surface area contributed by atoms with Crippen LogP contribution in [0.15, 0.2) is 0 Å². The lowest BCUT2D eigenvalue weighted by atomic mass is 10.0. The number of aliphatic hydroxyl groups excluding tert-OH is 1. The van der Waals surface area contributed by atoms with Gasteiger partial charge in [-0.05, 0) is 32.9 Å². The van der Waals surface area contributed by atoms with Gasteiger partial charge in [-0.2, -0.15) is 13.2 Å². The number of nitrogens with one attached hydrogen (secondary N) is 1. The van der Waals surface area contributed by atoms with Gasteiger partial charge in [-0.25, -0.2) is 0 Å². The van der Waals surface area contributed by atoms with E-state index in [4.69, 9.17) is 5.11 Å². The number of hydrogen-bond donors (Lipinski definition) is 2. The van der Waals surface area contributed by atoms with Crippen LogP contribution >= 0.6 is 0 Å². The van der Waals surface area contributed by atoms with E-state index >= 15 is 0 Å². The predicted molar refractivity (Wildman–Crippen MR) is 55.2 cm³/mol. The summed E-state index contributed by atoms with van der Waals surface area (Å²) in [6.45, 7) is 2.32. The molecule has 0 bridgehead atoms. The van der Waals surface area contributed by atoms with Crippen LogP contribution in [0, 0.1) is 0 Å². The van der Waals surface area contributed by atoms with Gasteiger partial charge in [0, 0.05) is 12.6 Å². The number of nitrogens with zero attached hydrogens (tertiary/aromatic N) is 1. The van der Waals surface area contributed by atoms with E-state index < -0.39 is 18.8 Å². The molecule has 1 fully saturated rings. The highest BCUT2D eigenvalue weighted by molar-refractivity contribution is 4.78. The van der Waals surface area contributed by atoms with Crippen molar-refractivity contribution in [2.24, 2.45) is 0 Å². The maximum absolute atomic E-state index is 12.1. The second-order valence-electron chi connectivity index (χ2n) is 4.42. The van der Waals surface area contributed by atoms with E-state index in [1.165, 1.54) is 4.90 Å². The molecule has 1 heterocycles. The normalized spacial score (nSPS) is 22.3. The molecule has 96 valence electrons. The van der Waals surface area contributed by atoms with E-state index in [2.05, 4.69) is 5.32 Å². The quantitative estimate of drug-likeness (QED) is 0.769. The van der Waals surface area contributed by atoms with Crippen molar-refractivity contribution in [3.8, 4) is 0 Å². The third kappa shape index (κ3) is 5.67. The highest BCUT2D eigenvalue weighted by Gasteiger charge is 2.32. The molecule has 6 heteroatoms. The lowest BCUT2D eigenvalue weighted by molar-refractivity contribution is -0.148. The average molecular weight is 240 g/mol. The van der Waals surface area contributed by atoms with Crippen LogP contribution in [0.3, 0.4) is 0 Å². The summed E-state index contributed by atoms with van der Waals surface area (Å²) in [5.74, 6) is 0. The SMILES string of the molecule is C[C@@H](O)CNC1CCN(CC(F)(F)F)CC1. The van der Waals surface area contributed by atoms with Crippen molar-refractivity contribution in [2.75, 3.05) is 26.2 Å². The lowest BCUT2D eigenvalue weighted by Crippen LogP contribution is -2.46. The summed E-state index contributed by atoms with van der Waals surface area (Å²) < 4.78 is 36.3. The summed E-state index contributed by atoms with van der Waals surface area (Å²) in [7, 11) is 0. The topological polar surface area (TPSA) is 35.5 Å². The van der Waals surface area contributed by atoms with Gasteiger partial charge >= 0.3 is 6.18 Å². The van der Waals surface area contributed by atoms with Gasteiger partial charge in [-0.15, -0.1) is 0 Å². The highest BCUT2D eigenvalue weighted by atomic mass is 19.4. The molecule has 1 aliphatic heterocycles. The lowest BCUT2D eigenvalue weighted by Gasteiger charge is -2.33. The molecular weight excluding hydrogens is 221 g/mol. The molecule has 0 aliphatic carbocycles. The van der Waals surface area contributed by atoms with Crippen LogP contribution in [0.2, 0.25) is 0 Å². The van der Waals surface area contributed by atoms with Gasteiger partial charge in [0.05, 0.1) is 12.6 Å². The van der Waals surface area contributed by atoms with Crippen LogP contribution in [-0.4, -0.2) is 54.5 Å². The van der Waals surface area contributed by atoms with Crippen LogP contribution in [0.5, 0.6) is 0 Å². The second-order valence-corrected chi connectivity index (χ2v) is 4.42. The maximum atomic E-state index is 12.1. The molecule has 0 aromatic rings. The number of likely N-dealkylation sites (tertiary alicyclic amines) is 1. The molecule has 16 heavy (non-hydrogen) atoms. The standard InChI is InChI=1S/C10H19F3N2O/c1-8(16)6-14-9-2-4-15(5-3-9)7-10(11,12)13/h8-9,14,16H,2-7H2,1H3/t8-/m1/s1. The Labute approximate surface area is 93.6 Å². The molecular formula is C10H19F3N2O. The predicted octanol–water partition coefficient (Wildman–Crippen LogP) is 0.984. The minimum absolute atomic E-state index is 0.235. The van der Waals surface area contributed by atoms with E-state index in [1.54, 1.807) is 6.92 Å². The Hall–Kier alpha value is -0.330. The van der Waals surface area contributed by atoms with Gasteiger partial charge in [0.25, 0.3) is 0 Å². The first kappa shape index (κ1) is 13.7. The molecule has 1 saturated heterocycles. The summed E-state index contributed by atoms with van der Waals surface area (Å²) in [6, 6.07) is 0.235. The third-order valence-electron chi connectivity index (χ3n) is 2.69. The Morgan fingerprint density at radius 3 is 2.38 bits per heavy atom. The molecule has 0 spiro atoms. The molecule has 0 radical (unpaired) electrons. The Morgan fingerprint density at radius 1 is 1.38 bits per heavy atom. The molecule has 2 N–H and O–H groups in total. The average Bonchev–Trinajstić information content (AvgIpc) is 2.14. The Balaban J connectivity index is 2.18. The number of hydrogen-bond acceptors (Lipinski definition) is 3. The van der Waals surface area contributed by atoms with Crippen molar-refractivity contribution < 1.29 is 18.3 Å². The van der Waals surface area contributed by atoms with E-state index in [1.807, 2.05) is 0 Å². The maximum Gasteiger partial charge on any atom is 0.401 e. The van der Waals surface area contributed by atoms with Gasteiger partial charge in [0.2, 0.25) is 0 Å². The van der Waals surface area contributed by atoms with Crippen LogP contribution in [0.4, 0.5) is 13.2 Å². The van der Waals surface area contributed by atoms with E-state index in [0.717, 1.165) is 0 Å². The largest absolute Gasteiger partial charge is 0.401 e. The van der Waals surface area contributed by atoms with Crippen LogP contribution in [-0.2, 0) is 0 Å². The fourth-order valence-electron chi connectivity index (χ4n) is 1.89. The Morgan fingerprint density at radius 2 is 1.94 bits per heavy atom. The molecule has 0 unspecified atom stereocenters. The van der Waals surface area contributed by atoms with E-state index in [9.17, 15) is 13.2 Å². The Bertz CT molecular complexity index is 201. The summed E-state index contributed by atoms with van der Waals surface area (Å²) in [5.41, 5.74) is 0. The summed E-state index contributed by atoms with van der Waals surface area (Å²) in [5, 5.41) is 12.2. The summed E-state index contributed by atoms with van der Waals surface area (Å²) in [6.07, 6.45) is -3.08. The van der Waals surface area contributed by atoms with Crippen molar-refractivity contribution in [2.45, 2.75) is 38.1 Å². The van der Waals surface area contributed by atoms with Gasteiger partial charge in [0.15, 0.2) is 0 Å². The van der Waals surface area contributed by atoms with Crippen molar-refractivity contribution in [3.05, 3.63) is 0 Å². The van der Waals surface area contributed by atoms with Crippen LogP contribution in [0.25, 0.3) is 0 Å². The molecule has 0 aromatic carbocycles. The minimum atomic E-state index is -4.10. The van der Waals surface area contributed by atoms with Gasteiger partial charge in [0.1, 0.15) is 0 Å². The zero-order valence-electron chi connectivity index (χ0n) is 9.43. The van der Waals surface area contributed by atoms with Crippen LogP contribution < -0.4 is 5.32 Å². The first-order valence-electron chi connectivity index (χ1n) is 5.57. The molecule has 0 amide bonds. The number of rotatable bonds is 4. The molecule has 1 aliphatic rings. The first-order chi connectivity index (χ1) is 7.37. The smallest absolute Gasteiger partial charge is 0.392 e. The van der Waals surface area contributed by atoms with E-state index in [-0.39, 0.29) is 6.04 Å². The fraction of sp³-hybridized carbons (Fsp3) is 1.00. The minimum Gasteiger partial charge on any atom is -0.392 e. The number of halogens is 3. The monoisotopic (exact) mass is 240 g/mol. The van der Waals surface area contributed by atoms with Crippen molar-refractivity contribution in [3.63, 3.8) is 0 Å². The molecule has 3 nitrogen and oxygen atoms in total. The Kier molecular flexibility index (Phi) is 5.01. The first-order valence-corrected chi connectivity index (χ1v) is 5.57. The van der Waals surface area contributed by atoms with Gasteiger partial charge in [-0.1, -0.05) is 0 Å². The number of aliphatic hydroxyl groups is 1. The van der Waals surface area contributed by atoms with Crippen molar-refractivity contribution in [1.82, 2.24) is 10.2 Å². The highest BCUT2D eigenvalue weighted by Crippen LogP contribution is 2.19. The number of alkyl halides is 3. The summed E-state index contributed by atoms with van der Waals surface area (Å²) in [4.78, 5) is 1.43. The molecule has 0 aromatic heterocycles. The summed E-state index contributed by atoms with van der Waals surface area (Å²) >= 11 is 0. The molecule has 1 atom stereocenters. The second kappa shape index (κ2) is 5.84. The fourth-order valence-corrected chi connectivity index (χ4v) is 1.89. The van der Waals surface area contributed by atoms with E-state index in [0.29, 0.717) is 32.5 Å². The van der Waals surface area contributed by atoms with Gasteiger partial charge in [-0.3, -0.25) is 4.90 Å². The zero-order valence-corrected chi connectivity index (χ0v) is 9.43. The number of piperidine rings is 1.